The SMILES string of the molecule is COc1ccc(CCCC(=O)NCC(=O)NN=Cc2cc(C)n(-c3cccc(Cl)c3C)c2C)cc1. The lowest BCUT2D eigenvalue weighted by molar-refractivity contribution is -0.126. The van der Waals surface area contributed by atoms with E-state index in [9.17, 15) is 9.59 Å². The van der Waals surface area contributed by atoms with Gasteiger partial charge in [-0.25, -0.2) is 5.43 Å². The maximum Gasteiger partial charge on any atom is 0.259 e. The highest BCUT2D eigenvalue weighted by atomic mass is 35.5. The Kier molecular flexibility index (Phi) is 9.09. The molecule has 0 radical (unpaired) electrons. The molecule has 0 atom stereocenters. The number of nitrogens with one attached hydrogen (secondary N) is 2. The van der Waals surface area contributed by atoms with E-state index in [1.54, 1.807) is 13.3 Å². The van der Waals surface area contributed by atoms with Crippen LogP contribution in [0.1, 0.15) is 40.9 Å². The van der Waals surface area contributed by atoms with Gasteiger partial charge >= 0.3 is 0 Å². The van der Waals surface area contributed by atoms with E-state index >= 15 is 0 Å². The molecule has 0 saturated carbocycles. The molecule has 35 heavy (non-hydrogen) atoms. The van der Waals surface area contributed by atoms with Crippen molar-refractivity contribution in [3.05, 3.63) is 81.6 Å². The summed E-state index contributed by atoms with van der Waals surface area (Å²) in [6.07, 6.45) is 3.42. The van der Waals surface area contributed by atoms with Crippen molar-refractivity contribution < 1.29 is 14.3 Å². The van der Waals surface area contributed by atoms with Crippen LogP contribution in [0.2, 0.25) is 5.02 Å². The van der Waals surface area contributed by atoms with E-state index in [1.165, 1.54) is 0 Å². The van der Waals surface area contributed by atoms with Gasteiger partial charge in [0.2, 0.25) is 5.91 Å². The molecule has 0 fully saturated rings. The number of rotatable bonds is 10. The molecule has 1 heterocycles. The monoisotopic (exact) mass is 494 g/mol. The molecule has 184 valence electrons. The third-order valence-corrected chi connectivity index (χ3v) is 6.23. The van der Waals surface area contributed by atoms with E-state index in [0.717, 1.165) is 45.9 Å². The fourth-order valence-electron chi connectivity index (χ4n) is 3.85. The third-order valence-electron chi connectivity index (χ3n) is 5.82. The van der Waals surface area contributed by atoms with Crippen LogP contribution in [0.25, 0.3) is 5.69 Å². The first-order chi connectivity index (χ1) is 16.8. The number of amides is 2. The number of benzene rings is 2. The number of ether oxygens (including phenoxy) is 1. The van der Waals surface area contributed by atoms with Gasteiger partial charge in [-0.3, -0.25) is 9.59 Å². The Morgan fingerprint density at radius 2 is 1.83 bits per heavy atom. The standard InChI is InChI=1S/C27H31ClN4O3/c1-18-15-22(20(3)32(18)25-9-6-8-24(28)19(25)2)16-30-31-27(34)17-29-26(33)10-5-7-21-11-13-23(35-4)14-12-21/h6,8-9,11-16H,5,7,10,17H2,1-4H3,(H,29,33)(H,31,34). The average Bonchev–Trinajstić information content (AvgIpc) is 3.12. The molecule has 0 aliphatic carbocycles. The van der Waals surface area contributed by atoms with Gasteiger partial charge < -0.3 is 14.6 Å². The number of carbonyl (C=O) groups excluding carboxylic acids is 2. The molecular formula is C27H31ClN4O3. The van der Waals surface area contributed by atoms with Gasteiger partial charge in [0, 0.05) is 34.1 Å². The number of halogens is 1. The molecule has 0 unspecified atom stereocenters. The summed E-state index contributed by atoms with van der Waals surface area (Å²) in [7, 11) is 1.63. The lowest BCUT2D eigenvalue weighted by Crippen LogP contribution is -2.34. The lowest BCUT2D eigenvalue weighted by atomic mass is 10.1. The van der Waals surface area contributed by atoms with E-state index in [2.05, 4.69) is 20.4 Å². The van der Waals surface area contributed by atoms with E-state index in [0.29, 0.717) is 17.9 Å². The third kappa shape index (κ3) is 6.96. The summed E-state index contributed by atoms with van der Waals surface area (Å²) in [6.45, 7) is 5.85. The van der Waals surface area contributed by atoms with Crippen molar-refractivity contribution in [1.82, 2.24) is 15.3 Å². The van der Waals surface area contributed by atoms with Crippen LogP contribution in [0, 0.1) is 20.8 Å². The van der Waals surface area contributed by atoms with Gasteiger partial charge in [-0.2, -0.15) is 5.10 Å². The highest BCUT2D eigenvalue weighted by molar-refractivity contribution is 6.31. The quantitative estimate of drug-likeness (QED) is 0.317. The molecule has 0 aliphatic heterocycles. The van der Waals surface area contributed by atoms with Gasteiger partial charge in [0.15, 0.2) is 0 Å². The van der Waals surface area contributed by atoms with E-state index in [4.69, 9.17) is 16.3 Å². The smallest absolute Gasteiger partial charge is 0.259 e. The summed E-state index contributed by atoms with van der Waals surface area (Å²) in [6, 6.07) is 15.6. The minimum atomic E-state index is -0.385. The fraction of sp³-hybridized carbons (Fsp3) is 0.296. The van der Waals surface area contributed by atoms with Crippen LogP contribution >= 0.6 is 11.6 Å². The second-order valence-corrected chi connectivity index (χ2v) is 8.72. The van der Waals surface area contributed by atoms with Gasteiger partial charge in [0.1, 0.15) is 5.75 Å². The van der Waals surface area contributed by atoms with Crippen molar-refractivity contribution >= 4 is 29.6 Å². The van der Waals surface area contributed by atoms with Gasteiger partial charge in [-0.1, -0.05) is 29.8 Å². The molecule has 7 nitrogen and oxygen atoms in total. The minimum Gasteiger partial charge on any atom is -0.497 e. The van der Waals surface area contributed by atoms with Crippen LogP contribution in [-0.2, 0) is 16.0 Å². The summed E-state index contributed by atoms with van der Waals surface area (Å²) in [5, 5.41) is 7.40. The number of hydrazone groups is 1. The average molecular weight is 495 g/mol. The van der Waals surface area contributed by atoms with Crippen LogP contribution in [-0.4, -0.2) is 36.3 Å². The van der Waals surface area contributed by atoms with Crippen LogP contribution in [0.5, 0.6) is 5.75 Å². The second-order valence-electron chi connectivity index (χ2n) is 8.32. The molecule has 2 amide bonds. The molecule has 0 aliphatic rings. The van der Waals surface area contributed by atoms with Crippen LogP contribution in [0.3, 0.4) is 0 Å². The Bertz CT molecular complexity index is 1220. The van der Waals surface area contributed by atoms with E-state index in [1.807, 2.05) is 69.3 Å². The highest BCUT2D eigenvalue weighted by Crippen LogP contribution is 2.26. The number of hydrogen-bond acceptors (Lipinski definition) is 4. The molecule has 0 bridgehead atoms. The van der Waals surface area contributed by atoms with Gasteiger partial charge in [-0.05, 0) is 75.1 Å². The van der Waals surface area contributed by atoms with Crippen molar-refractivity contribution in [2.45, 2.75) is 40.0 Å². The predicted octanol–water partition coefficient (Wildman–Crippen LogP) is 4.65. The lowest BCUT2D eigenvalue weighted by Gasteiger charge is -2.13. The Labute approximate surface area is 211 Å². The largest absolute Gasteiger partial charge is 0.497 e. The van der Waals surface area contributed by atoms with Crippen molar-refractivity contribution in [3.63, 3.8) is 0 Å². The van der Waals surface area contributed by atoms with Crippen molar-refractivity contribution in [1.29, 1.82) is 0 Å². The predicted molar refractivity (Wildman–Crippen MR) is 140 cm³/mol. The molecule has 8 heteroatoms. The first-order valence-electron chi connectivity index (χ1n) is 11.5. The second kappa shape index (κ2) is 12.2. The number of methoxy groups -OCH3 is 1. The topological polar surface area (TPSA) is 84.7 Å². The number of nitrogens with zero attached hydrogens (tertiary/aromatic N) is 2. The Morgan fingerprint density at radius 1 is 1.09 bits per heavy atom. The molecule has 3 rings (SSSR count). The van der Waals surface area contributed by atoms with Crippen LogP contribution in [0.4, 0.5) is 0 Å². The zero-order chi connectivity index (χ0) is 25.4. The summed E-state index contributed by atoms with van der Waals surface area (Å²) in [5.41, 5.74) is 8.49. The molecule has 0 saturated heterocycles. The Hall–Kier alpha value is -3.58. The molecule has 2 aromatic carbocycles. The first-order valence-corrected chi connectivity index (χ1v) is 11.8. The first kappa shape index (κ1) is 26.0. The summed E-state index contributed by atoms with van der Waals surface area (Å²) >= 11 is 6.29. The fourth-order valence-corrected chi connectivity index (χ4v) is 4.02. The molecule has 2 N–H and O–H groups in total. The van der Waals surface area contributed by atoms with Gasteiger partial charge in [0.05, 0.1) is 19.9 Å². The maximum atomic E-state index is 12.1. The summed E-state index contributed by atoms with van der Waals surface area (Å²) < 4.78 is 7.25. The minimum absolute atomic E-state index is 0.126. The van der Waals surface area contributed by atoms with Crippen LogP contribution < -0.4 is 15.5 Å². The van der Waals surface area contributed by atoms with Gasteiger partial charge in [0.25, 0.3) is 5.91 Å². The van der Waals surface area contributed by atoms with Crippen molar-refractivity contribution in [2.75, 3.05) is 13.7 Å². The number of hydrogen-bond donors (Lipinski definition) is 2. The maximum absolute atomic E-state index is 12.1. The zero-order valence-corrected chi connectivity index (χ0v) is 21.3. The number of carbonyl (C=O) groups is 2. The molecule has 0 spiro atoms. The zero-order valence-electron chi connectivity index (χ0n) is 20.5. The molecule has 3 aromatic rings. The van der Waals surface area contributed by atoms with E-state index < -0.39 is 0 Å². The highest BCUT2D eigenvalue weighted by Gasteiger charge is 2.13. The molecular weight excluding hydrogens is 464 g/mol. The summed E-state index contributed by atoms with van der Waals surface area (Å²) in [4.78, 5) is 24.1. The summed E-state index contributed by atoms with van der Waals surface area (Å²) in [5.74, 6) is 0.251. The Balaban J connectivity index is 1.45. The van der Waals surface area contributed by atoms with Crippen LogP contribution in [0.15, 0.2) is 53.6 Å². The normalized spacial score (nSPS) is 11.0. The Morgan fingerprint density at radius 3 is 2.54 bits per heavy atom. The molecule has 1 aromatic heterocycles. The number of aromatic nitrogens is 1. The van der Waals surface area contributed by atoms with Crippen molar-refractivity contribution in [3.8, 4) is 11.4 Å². The number of aryl methyl sites for hydroxylation is 2. The van der Waals surface area contributed by atoms with Gasteiger partial charge in [-0.15, -0.1) is 0 Å². The van der Waals surface area contributed by atoms with Crippen molar-refractivity contribution in [2.24, 2.45) is 5.10 Å². The van der Waals surface area contributed by atoms with E-state index in [-0.39, 0.29) is 18.4 Å².